The normalized spacial score (nSPS) is 16.6. The molecule has 0 aromatic heterocycles. The smallest absolute Gasteiger partial charge is 0.165 e. The van der Waals surface area contributed by atoms with Gasteiger partial charge in [0.05, 0.1) is 0 Å². The minimum atomic E-state index is 0. The van der Waals surface area contributed by atoms with Crippen LogP contribution >= 0.6 is 0 Å². The molecule has 2 rings (SSSR count). The number of aryl methyl sites for hydroxylation is 1. The molecule has 1 saturated heterocycles. The van der Waals surface area contributed by atoms with Crippen molar-refractivity contribution in [2.24, 2.45) is 5.92 Å². The summed E-state index contributed by atoms with van der Waals surface area (Å²) in [6.07, 6.45) is 1.85. The maximum absolute atomic E-state index is 12.1. The van der Waals surface area contributed by atoms with Gasteiger partial charge in [0.1, 0.15) is 0 Å². The molecule has 3 heteroatoms. The van der Waals surface area contributed by atoms with Gasteiger partial charge in [-0.25, -0.2) is 0 Å². The van der Waals surface area contributed by atoms with Crippen LogP contribution in [0.4, 0.5) is 0 Å². The molecule has 1 heterocycles. The van der Waals surface area contributed by atoms with Gasteiger partial charge in [-0.3, -0.25) is 4.79 Å². The summed E-state index contributed by atoms with van der Waals surface area (Å²) in [7, 11) is 0. The zero-order valence-corrected chi connectivity index (χ0v) is 12.5. The molecule has 0 atom stereocenters. The Kier molecular flexibility index (Phi) is 5.81. The molecule has 0 N–H and O–H groups in total. The van der Waals surface area contributed by atoms with E-state index in [-0.39, 0.29) is 38.6 Å². The van der Waals surface area contributed by atoms with Gasteiger partial charge in [-0.2, -0.15) is 0 Å². The van der Waals surface area contributed by atoms with Gasteiger partial charge in [0.25, 0.3) is 0 Å². The summed E-state index contributed by atoms with van der Waals surface area (Å²) in [4.78, 5) is 12.1. The van der Waals surface area contributed by atoms with Crippen molar-refractivity contribution >= 4 is 5.78 Å². The Hall–Kier alpha value is -0.0461. The third-order valence-electron chi connectivity index (χ3n) is 2.98. The summed E-state index contributed by atoms with van der Waals surface area (Å²) in [6, 6.07) is 7.87. The summed E-state index contributed by atoms with van der Waals surface area (Å²) < 4.78 is 0. The van der Waals surface area contributed by atoms with E-state index in [9.17, 15) is 4.79 Å². The van der Waals surface area contributed by atoms with E-state index in [1.807, 2.05) is 31.2 Å². The van der Waals surface area contributed by atoms with E-state index in [1.165, 1.54) is 5.56 Å². The molecule has 1 aromatic carbocycles. The van der Waals surface area contributed by atoms with Crippen LogP contribution in [0.15, 0.2) is 24.3 Å². The van der Waals surface area contributed by atoms with Crippen LogP contribution in [0.5, 0.6) is 0 Å². The van der Waals surface area contributed by atoms with Crippen molar-refractivity contribution in [3.05, 3.63) is 40.7 Å². The predicted octanol–water partition coefficient (Wildman–Crippen LogP) is 2.96. The van der Waals surface area contributed by atoms with Crippen LogP contribution in [-0.4, -0.2) is 18.9 Å². The number of hydrogen-bond donors (Lipinski definition) is 0. The minimum absolute atomic E-state index is 0. The van der Waals surface area contributed by atoms with E-state index in [1.54, 1.807) is 0 Å². The van der Waals surface area contributed by atoms with Gasteiger partial charge in [-0.05, 0) is 6.92 Å². The zero-order chi connectivity index (χ0) is 10.7. The molecule has 1 fully saturated rings. The maximum Gasteiger partial charge on any atom is 0.165 e. The Labute approximate surface area is 122 Å². The second kappa shape index (κ2) is 6.63. The van der Waals surface area contributed by atoms with Crippen molar-refractivity contribution in [2.75, 3.05) is 13.1 Å². The Bertz CT molecular complexity index is 341. The van der Waals surface area contributed by atoms with E-state index < -0.39 is 0 Å². The summed E-state index contributed by atoms with van der Waals surface area (Å²) in [5, 5.41) is 4.27. The first kappa shape index (κ1) is 14.0. The van der Waals surface area contributed by atoms with Gasteiger partial charge in [0.2, 0.25) is 0 Å². The quantitative estimate of drug-likeness (QED) is 0.771. The number of ketones is 1. The summed E-state index contributed by atoms with van der Waals surface area (Å²) in [5.41, 5.74) is 2.05. The van der Waals surface area contributed by atoms with Crippen LogP contribution in [0.1, 0.15) is 28.8 Å². The van der Waals surface area contributed by atoms with Crippen LogP contribution in [0.25, 0.3) is 5.32 Å². The van der Waals surface area contributed by atoms with Crippen LogP contribution < -0.4 is 0 Å². The molecule has 1 aromatic rings. The summed E-state index contributed by atoms with van der Waals surface area (Å²) in [6.45, 7) is 3.73. The van der Waals surface area contributed by atoms with Crippen LogP contribution in [0, 0.1) is 12.8 Å². The first-order chi connectivity index (χ1) is 7.27. The monoisotopic (exact) mass is 291 g/mol. The molecule has 1 aliphatic rings. The van der Waals surface area contributed by atoms with Crippen molar-refractivity contribution in [3.63, 3.8) is 0 Å². The van der Waals surface area contributed by atoms with Gasteiger partial charge in [0, 0.05) is 44.2 Å². The van der Waals surface area contributed by atoms with Crippen molar-refractivity contribution in [2.45, 2.75) is 19.8 Å². The molecule has 1 radical (unpaired) electrons. The fraction of sp³-hybridized carbons (Fsp3) is 0.462. The van der Waals surface area contributed by atoms with Crippen LogP contribution in [0.2, 0.25) is 0 Å². The Morgan fingerprint density at radius 2 is 1.75 bits per heavy atom. The molecular formula is C13H16NOY-. The molecule has 0 saturated carbocycles. The van der Waals surface area contributed by atoms with Crippen LogP contribution in [-0.2, 0) is 32.7 Å². The van der Waals surface area contributed by atoms with E-state index in [2.05, 4.69) is 5.32 Å². The molecule has 0 spiro atoms. The van der Waals surface area contributed by atoms with E-state index in [0.29, 0.717) is 5.78 Å². The first-order valence-corrected chi connectivity index (χ1v) is 5.51. The van der Waals surface area contributed by atoms with Gasteiger partial charge in [-0.15, -0.1) is 13.1 Å². The average Bonchev–Trinajstić information content (AvgIpc) is 2.30. The number of benzene rings is 1. The number of hydrogen-bond acceptors (Lipinski definition) is 1. The van der Waals surface area contributed by atoms with E-state index >= 15 is 0 Å². The van der Waals surface area contributed by atoms with Crippen molar-refractivity contribution < 1.29 is 37.5 Å². The Balaban J connectivity index is 0.00000128. The molecule has 1 aliphatic heterocycles. The Morgan fingerprint density at radius 1 is 1.19 bits per heavy atom. The molecule has 83 valence electrons. The minimum Gasteiger partial charge on any atom is -0.662 e. The topological polar surface area (TPSA) is 31.2 Å². The van der Waals surface area contributed by atoms with Crippen LogP contribution in [0.3, 0.4) is 0 Å². The SMILES string of the molecule is Cc1ccc(C(=O)C2CC[N-]CC2)cc1.[Y]. The number of piperidine rings is 1. The molecule has 0 bridgehead atoms. The largest absolute Gasteiger partial charge is 0.662 e. The third-order valence-corrected chi connectivity index (χ3v) is 2.98. The number of rotatable bonds is 2. The van der Waals surface area contributed by atoms with Crippen molar-refractivity contribution in [1.82, 2.24) is 0 Å². The number of nitrogens with zero attached hydrogens (tertiary/aromatic N) is 1. The maximum atomic E-state index is 12.1. The van der Waals surface area contributed by atoms with Gasteiger partial charge >= 0.3 is 0 Å². The fourth-order valence-electron chi connectivity index (χ4n) is 1.97. The average molecular weight is 291 g/mol. The van der Waals surface area contributed by atoms with Gasteiger partial charge in [0.15, 0.2) is 5.78 Å². The van der Waals surface area contributed by atoms with E-state index in [0.717, 1.165) is 31.5 Å². The van der Waals surface area contributed by atoms with Crippen molar-refractivity contribution in [3.8, 4) is 0 Å². The number of Topliss-reactive ketones (excluding diaryl/α,β-unsaturated/α-hetero) is 1. The van der Waals surface area contributed by atoms with Gasteiger partial charge in [-0.1, -0.05) is 42.7 Å². The van der Waals surface area contributed by atoms with E-state index in [4.69, 9.17) is 0 Å². The molecule has 2 nitrogen and oxygen atoms in total. The molecule has 0 unspecified atom stereocenters. The molecular weight excluding hydrogens is 275 g/mol. The molecule has 0 amide bonds. The standard InChI is InChI=1S/C13H16NO.Y/c1-10-2-4-11(5-3-10)13(15)12-6-8-14-9-7-12;/h2-5,12H,6-9H2,1H3;/q-1;. The fourth-order valence-corrected chi connectivity index (χ4v) is 1.97. The summed E-state index contributed by atoms with van der Waals surface area (Å²) in [5.74, 6) is 0.495. The Morgan fingerprint density at radius 3 is 2.31 bits per heavy atom. The molecule has 0 aliphatic carbocycles. The van der Waals surface area contributed by atoms with Gasteiger partial charge < -0.3 is 5.32 Å². The second-order valence-corrected chi connectivity index (χ2v) is 4.18. The number of carbonyl (C=O) groups is 1. The zero-order valence-electron chi connectivity index (χ0n) is 9.65. The predicted molar refractivity (Wildman–Crippen MR) is 61.3 cm³/mol. The van der Waals surface area contributed by atoms with Crippen molar-refractivity contribution in [1.29, 1.82) is 0 Å². The first-order valence-electron chi connectivity index (χ1n) is 5.51. The third kappa shape index (κ3) is 3.48. The molecule has 16 heavy (non-hydrogen) atoms. The summed E-state index contributed by atoms with van der Waals surface area (Å²) >= 11 is 0. The second-order valence-electron chi connectivity index (χ2n) is 4.18. The number of carbonyl (C=O) groups excluding carboxylic acids is 1.